The molecule has 10 heteroatoms. The van der Waals surface area contributed by atoms with Crippen LogP contribution in [-0.2, 0) is 19.6 Å². The molecule has 2 aromatic heterocycles. The Morgan fingerprint density at radius 2 is 2.18 bits per heavy atom. The summed E-state index contributed by atoms with van der Waals surface area (Å²) in [6.45, 7) is 1.74. The van der Waals surface area contributed by atoms with Crippen LogP contribution in [0.3, 0.4) is 0 Å². The first kappa shape index (κ1) is 19.2. The van der Waals surface area contributed by atoms with E-state index in [1.165, 1.54) is 10.4 Å². The van der Waals surface area contributed by atoms with E-state index in [1.54, 1.807) is 18.3 Å². The maximum atomic E-state index is 13.0. The molecule has 28 heavy (non-hydrogen) atoms. The number of nitrogens with one attached hydrogen (secondary N) is 2. The fourth-order valence-electron chi connectivity index (χ4n) is 3.66. The number of ether oxygens (including phenoxy) is 1. The van der Waals surface area contributed by atoms with Gasteiger partial charge in [0.15, 0.2) is 5.76 Å². The van der Waals surface area contributed by atoms with Crippen LogP contribution in [0.15, 0.2) is 33.9 Å². The van der Waals surface area contributed by atoms with Crippen molar-refractivity contribution in [3.63, 3.8) is 0 Å². The van der Waals surface area contributed by atoms with E-state index < -0.39 is 10.0 Å². The number of rotatable bonds is 6. The van der Waals surface area contributed by atoms with E-state index >= 15 is 0 Å². The van der Waals surface area contributed by atoms with Gasteiger partial charge < -0.3 is 14.5 Å². The van der Waals surface area contributed by atoms with E-state index in [-0.39, 0.29) is 29.6 Å². The molecule has 4 heterocycles. The van der Waals surface area contributed by atoms with Crippen LogP contribution in [0, 0.1) is 5.92 Å². The number of aromatic amines is 1. The molecule has 9 nitrogen and oxygen atoms in total. The molecule has 0 aliphatic carbocycles. The fraction of sp³-hybridized carbons (Fsp3) is 0.556. The number of nitrogens with zero attached hydrogens (tertiary/aromatic N) is 2. The lowest BCUT2D eigenvalue weighted by Crippen LogP contribution is -2.46. The van der Waals surface area contributed by atoms with E-state index in [1.807, 2.05) is 0 Å². The van der Waals surface area contributed by atoms with Crippen molar-refractivity contribution in [3.8, 4) is 11.5 Å². The number of piperidine rings is 1. The summed E-state index contributed by atoms with van der Waals surface area (Å²) in [5, 5.41) is 9.36. The Morgan fingerprint density at radius 1 is 1.29 bits per heavy atom. The van der Waals surface area contributed by atoms with Crippen LogP contribution in [-0.4, -0.2) is 61.2 Å². The highest BCUT2D eigenvalue weighted by Gasteiger charge is 2.35. The van der Waals surface area contributed by atoms with Gasteiger partial charge in [-0.05, 0) is 43.9 Å². The molecular formula is C18H24N4O5S. The molecule has 0 saturated carbocycles. The number of carbonyl (C=O) groups excluding carboxylic acids is 1. The van der Waals surface area contributed by atoms with Crippen molar-refractivity contribution in [3.05, 3.63) is 24.4 Å². The second-order valence-corrected chi connectivity index (χ2v) is 9.04. The lowest BCUT2D eigenvalue weighted by molar-refractivity contribution is -0.126. The van der Waals surface area contributed by atoms with Crippen molar-refractivity contribution in [2.45, 2.75) is 36.9 Å². The monoisotopic (exact) mass is 408 g/mol. The van der Waals surface area contributed by atoms with E-state index in [4.69, 9.17) is 9.15 Å². The predicted molar refractivity (Wildman–Crippen MR) is 99.8 cm³/mol. The number of amides is 1. The Kier molecular flexibility index (Phi) is 5.51. The molecule has 2 N–H and O–H groups in total. The first-order chi connectivity index (χ1) is 13.5. The van der Waals surface area contributed by atoms with Gasteiger partial charge in [0.2, 0.25) is 11.0 Å². The van der Waals surface area contributed by atoms with Gasteiger partial charge in [0.1, 0.15) is 5.69 Å². The van der Waals surface area contributed by atoms with Gasteiger partial charge in [-0.2, -0.15) is 9.40 Å². The molecule has 2 atom stereocenters. The number of hydrogen-bond acceptors (Lipinski definition) is 6. The first-order valence-electron chi connectivity index (χ1n) is 9.53. The smallest absolute Gasteiger partial charge is 0.276 e. The number of aromatic nitrogens is 2. The number of carbonyl (C=O) groups is 1. The molecule has 152 valence electrons. The Labute approximate surface area is 163 Å². The lowest BCUT2D eigenvalue weighted by Gasteiger charge is -2.30. The maximum Gasteiger partial charge on any atom is 0.276 e. The van der Waals surface area contributed by atoms with Gasteiger partial charge in [-0.25, -0.2) is 8.42 Å². The van der Waals surface area contributed by atoms with Crippen LogP contribution < -0.4 is 5.32 Å². The zero-order chi connectivity index (χ0) is 19.6. The number of H-pyrrole nitrogens is 1. The van der Waals surface area contributed by atoms with Crippen molar-refractivity contribution in [1.82, 2.24) is 19.8 Å². The molecule has 2 aliphatic rings. The molecule has 2 saturated heterocycles. The summed E-state index contributed by atoms with van der Waals surface area (Å²) in [5.41, 5.74) is 0.603. The van der Waals surface area contributed by atoms with Gasteiger partial charge >= 0.3 is 0 Å². The topological polar surface area (TPSA) is 118 Å². The molecule has 2 aromatic rings. The van der Waals surface area contributed by atoms with Crippen LogP contribution in [0.1, 0.15) is 25.7 Å². The minimum absolute atomic E-state index is 0.0661. The van der Waals surface area contributed by atoms with Crippen LogP contribution in [0.5, 0.6) is 0 Å². The Bertz CT molecular complexity index is 902. The second kappa shape index (κ2) is 8.06. The quantitative estimate of drug-likeness (QED) is 0.745. The molecule has 0 unspecified atom stereocenters. The van der Waals surface area contributed by atoms with Crippen LogP contribution in [0.4, 0.5) is 0 Å². The van der Waals surface area contributed by atoms with Gasteiger partial charge in [-0.3, -0.25) is 9.89 Å². The highest BCUT2D eigenvalue weighted by Crippen LogP contribution is 2.28. The van der Waals surface area contributed by atoms with Gasteiger partial charge in [0, 0.05) is 32.4 Å². The zero-order valence-corrected chi connectivity index (χ0v) is 16.3. The average Bonchev–Trinajstić information content (AvgIpc) is 3.48. The molecule has 0 radical (unpaired) electrons. The summed E-state index contributed by atoms with van der Waals surface area (Å²) < 4.78 is 38.3. The number of furan rings is 1. The molecule has 2 aliphatic heterocycles. The van der Waals surface area contributed by atoms with Gasteiger partial charge in [-0.1, -0.05) is 0 Å². The lowest BCUT2D eigenvalue weighted by atomic mass is 9.99. The summed E-state index contributed by atoms with van der Waals surface area (Å²) in [4.78, 5) is 12.5. The Balaban J connectivity index is 1.41. The molecule has 1 amide bonds. The highest BCUT2D eigenvalue weighted by atomic mass is 32.2. The highest BCUT2D eigenvalue weighted by molar-refractivity contribution is 7.89. The third-order valence-corrected chi connectivity index (χ3v) is 6.96. The van der Waals surface area contributed by atoms with E-state index in [2.05, 4.69) is 15.5 Å². The molecule has 0 spiro atoms. The van der Waals surface area contributed by atoms with E-state index in [0.29, 0.717) is 37.4 Å². The fourth-order valence-corrected chi connectivity index (χ4v) is 5.10. The van der Waals surface area contributed by atoms with Gasteiger partial charge in [-0.15, -0.1) is 0 Å². The second-order valence-electron chi connectivity index (χ2n) is 7.17. The third kappa shape index (κ3) is 3.98. The molecule has 0 bridgehead atoms. The normalized spacial score (nSPS) is 23.7. The maximum absolute atomic E-state index is 13.0. The Hall–Kier alpha value is -2.17. The summed E-state index contributed by atoms with van der Waals surface area (Å²) in [6.07, 6.45) is 4.89. The number of sulfonamides is 1. The standard InChI is InChI=1S/C18H24N4O5S/c23-18(19-11-14-4-2-10-26-14)13-3-1-9-22(12-13)28(24,25)17-6-5-16(27-17)15-7-8-20-21-15/h5-8,13-14H,1-4,9-12H2,(H,19,23)(H,20,21)/t13-,14-/m0/s1. The summed E-state index contributed by atoms with van der Waals surface area (Å²) in [6, 6.07) is 4.73. The van der Waals surface area contributed by atoms with Crippen molar-refractivity contribution in [2.75, 3.05) is 26.2 Å². The zero-order valence-electron chi connectivity index (χ0n) is 15.5. The predicted octanol–water partition coefficient (Wildman–Crippen LogP) is 1.37. The van der Waals surface area contributed by atoms with Crippen LogP contribution in [0.25, 0.3) is 11.5 Å². The van der Waals surface area contributed by atoms with E-state index in [0.717, 1.165) is 19.4 Å². The van der Waals surface area contributed by atoms with Gasteiger partial charge in [0.05, 0.1) is 12.0 Å². The Morgan fingerprint density at radius 3 is 2.93 bits per heavy atom. The third-order valence-electron chi connectivity index (χ3n) is 5.22. The van der Waals surface area contributed by atoms with Crippen molar-refractivity contribution >= 4 is 15.9 Å². The first-order valence-corrected chi connectivity index (χ1v) is 11.0. The number of hydrogen-bond donors (Lipinski definition) is 2. The SMILES string of the molecule is O=C(NC[C@@H]1CCCO1)[C@H]1CCCN(S(=O)(=O)c2ccc(-c3ccn[nH]3)o2)C1. The van der Waals surface area contributed by atoms with Crippen molar-refractivity contribution in [2.24, 2.45) is 5.92 Å². The minimum Gasteiger partial charge on any atom is -0.442 e. The van der Waals surface area contributed by atoms with Crippen LogP contribution in [0.2, 0.25) is 0 Å². The van der Waals surface area contributed by atoms with Crippen molar-refractivity contribution < 1.29 is 22.4 Å². The summed E-state index contributed by atoms with van der Waals surface area (Å²) in [5.74, 6) is -0.0843. The van der Waals surface area contributed by atoms with Gasteiger partial charge in [0.25, 0.3) is 10.0 Å². The molecule has 2 fully saturated rings. The summed E-state index contributed by atoms with van der Waals surface area (Å²) >= 11 is 0. The minimum atomic E-state index is -3.80. The molecular weight excluding hydrogens is 384 g/mol. The largest absolute Gasteiger partial charge is 0.442 e. The molecule has 0 aromatic carbocycles. The average molecular weight is 408 g/mol. The van der Waals surface area contributed by atoms with Crippen LogP contribution >= 0.6 is 0 Å². The summed E-state index contributed by atoms with van der Waals surface area (Å²) in [7, 11) is -3.80. The van der Waals surface area contributed by atoms with Crippen molar-refractivity contribution in [1.29, 1.82) is 0 Å². The molecule has 4 rings (SSSR count). The van der Waals surface area contributed by atoms with E-state index in [9.17, 15) is 13.2 Å².